The second kappa shape index (κ2) is 5.10. The number of nitrogens with one attached hydrogen (secondary N) is 1. The van der Waals surface area contributed by atoms with Crippen LogP contribution in [0.4, 0.5) is 11.8 Å². The van der Waals surface area contributed by atoms with Gasteiger partial charge in [-0.2, -0.15) is 16.7 Å². The van der Waals surface area contributed by atoms with Crippen LogP contribution in [0.5, 0.6) is 0 Å². The van der Waals surface area contributed by atoms with Gasteiger partial charge in [0.1, 0.15) is 5.82 Å². The van der Waals surface area contributed by atoms with Crippen molar-refractivity contribution < 1.29 is 0 Å². The molecular weight excluding hydrogens is 270 g/mol. The standard InChI is InChI=1S/C14H19N5S/c1-14(2)9-19(7-8-20-14)12-10-5-3-4-6-11(10)16-13(17-12)18-15/h3-6H,7-9,15H2,1-2H3,(H,16,17,18). The van der Waals surface area contributed by atoms with Gasteiger partial charge in [0.25, 0.3) is 0 Å². The number of hydrazine groups is 1. The van der Waals surface area contributed by atoms with Gasteiger partial charge in [-0.25, -0.2) is 10.8 Å². The van der Waals surface area contributed by atoms with E-state index in [0.29, 0.717) is 5.95 Å². The summed E-state index contributed by atoms with van der Waals surface area (Å²) in [7, 11) is 0. The third-order valence-electron chi connectivity index (χ3n) is 3.44. The van der Waals surface area contributed by atoms with Gasteiger partial charge in [-0.15, -0.1) is 0 Å². The van der Waals surface area contributed by atoms with Crippen molar-refractivity contribution in [2.24, 2.45) is 5.84 Å². The molecule has 6 heteroatoms. The number of nitrogens with two attached hydrogens (primary N) is 1. The fraction of sp³-hybridized carbons (Fsp3) is 0.429. The first-order valence-corrected chi connectivity index (χ1v) is 7.70. The van der Waals surface area contributed by atoms with Crippen molar-refractivity contribution in [1.29, 1.82) is 0 Å². The van der Waals surface area contributed by atoms with Gasteiger partial charge in [0, 0.05) is 29.0 Å². The number of anilines is 2. The number of nitrogens with zero attached hydrogens (tertiary/aromatic N) is 3. The third-order valence-corrected chi connectivity index (χ3v) is 4.73. The number of nitrogen functional groups attached to an aromatic ring is 1. The summed E-state index contributed by atoms with van der Waals surface area (Å²) in [6.45, 7) is 6.52. The summed E-state index contributed by atoms with van der Waals surface area (Å²) < 4.78 is 0.237. The number of hydrogen-bond acceptors (Lipinski definition) is 6. The Bertz CT molecular complexity index is 628. The molecule has 3 rings (SSSR count). The van der Waals surface area contributed by atoms with E-state index in [4.69, 9.17) is 5.84 Å². The Labute approximate surface area is 122 Å². The normalized spacial score (nSPS) is 18.2. The summed E-state index contributed by atoms with van der Waals surface area (Å²) in [5.41, 5.74) is 3.48. The number of benzene rings is 1. The second-order valence-corrected chi connectivity index (χ2v) is 7.36. The largest absolute Gasteiger partial charge is 0.354 e. The molecule has 1 aromatic carbocycles. The molecule has 0 bridgehead atoms. The Balaban J connectivity index is 2.09. The smallest absolute Gasteiger partial charge is 0.239 e. The van der Waals surface area contributed by atoms with Crippen LogP contribution < -0.4 is 16.2 Å². The molecule has 5 nitrogen and oxygen atoms in total. The molecule has 2 aromatic rings. The molecule has 1 saturated heterocycles. The van der Waals surface area contributed by atoms with Crippen LogP contribution in [0.15, 0.2) is 24.3 Å². The molecule has 2 heterocycles. The molecule has 1 aliphatic heterocycles. The zero-order valence-corrected chi connectivity index (χ0v) is 12.6. The molecule has 20 heavy (non-hydrogen) atoms. The van der Waals surface area contributed by atoms with E-state index < -0.39 is 0 Å². The zero-order valence-electron chi connectivity index (χ0n) is 11.8. The SMILES string of the molecule is CC1(C)CN(c2nc(NN)nc3ccccc23)CCS1. The Hall–Kier alpha value is -1.53. The fourth-order valence-corrected chi connectivity index (χ4v) is 3.67. The molecule has 0 spiro atoms. The Kier molecular flexibility index (Phi) is 3.43. The van der Waals surface area contributed by atoms with Crippen molar-refractivity contribution >= 4 is 34.4 Å². The lowest BCUT2D eigenvalue weighted by molar-refractivity contribution is 0.644. The van der Waals surface area contributed by atoms with Crippen LogP contribution in [0.1, 0.15) is 13.8 Å². The second-order valence-electron chi connectivity index (χ2n) is 5.56. The highest BCUT2D eigenvalue weighted by atomic mass is 32.2. The van der Waals surface area contributed by atoms with E-state index in [9.17, 15) is 0 Å². The molecule has 0 radical (unpaired) electrons. The number of fused-ring (bicyclic) bond motifs is 1. The highest BCUT2D eigenvalue weighted by Gasteiger charge is 2.28. The van der Waals surface area contributed by atoms with E-state index >= 15 is 0 Å². The molecule has 0 aliphatic carbocycles. The van der Waals surface area contributed by atoms with Gasteiger partial charge in [-0.3, -0.25) is 5.43 Å². The molecule has 1 fully saturated rings. The van der Waals surface area contributed by atoms with Gasteiger partial charge in [-0.05, 0) is 26.0 Å². The molecule has 0 amide bonds. The summed E-state index contributed by atoms with van der Waals surface area (Å²) in [6, 6.07) is 8.06. The lowest BCUT2D eigenvalue weighted by atomic mass is 10.1. The summed E-state index contributed by atoms with van der Waals surface area (Å²) in [5.74, 6) is 8.04. The van der Waals surface area contributed by atoms with Crippen LogP contribution >= 0.6 is 11.8 Å². The van der Waals surface area contributed by atoms with E-state index in [1.807, 2.05) is 30.0 Å². The summed E-state index contributed by atoms with van der Waals surface area (Å²) in [6.07, 6.45) is 0. The maximum Gasteiger partial charge on any atom is 0.239 e. The van der Waals surface area contributed by atoms with Gasteiger partial charge < -0.3 is 4.90 Å². The van der Waals surface area contributed by atoms with Crippen LogP contribution in [0.3, 0.4) is 0 Å². The minimum atomic E-state index is 0.237. The highest BCUT2D eigenvalue weighted by molar-refractivity contribution is 8.00. The van der Waals surface area contributed by atoms with Crippen molar-refractivity contribution in [2.45, 2.75) is 18.6 Å². The van der Waals surface area contributed by atoms with Gasteiger partial charge in [0.15, 0.2) is 0 Å². The predicted molar refractivity (Wildman–Crippen MR) is 86.1 cm³/mol. The fourth-order valence-electron chi connectivity index (χ4n) is 2.56. The molecule has 3 N–H and O–H groups in total. The Morgan fingerprint density at radius 3 is 2.85 bits per heavy atom. The zero-order chi connectivity index (χ0) is 14.2. The number of para-hydroxylation sites is 1. The average Bonchev–Trinajstić information content (AvgIpc) is 2.45. The molecule has 1 aliphatic rings. The molecular formula is C14H19N5S. The van der Waals surface area contributed by atoms with Crippen LogP contribution in [0.25, 0.3) is 10.9 Å². The Morgan fingerprint density at radius 1 is 1.30 bits per heavy atom. The number of hydrogen-bond donors (Lipinski definition) is 2. The lowest BCUT2D eigenvalue weighted by Crippen LogP contribution is -2.43. The number of rotatable bonds is 2. The first-order chi connectivity index (χ1) is 9.59. The van der Waals surface area contributed by atoms with E-state index in [0.717, 1.165) is 35.6 Å². The van der Waals surface area contributed by atoms with Crippen LogP contribution in [-0.2, 0) is 0 Å². The minimum Gasteiger partial charge on any atom is -0.354 e. The lowest BCUT2D eigenvalue weighted by Gasteiger charge is -2.38. The van der Waals surface area contributed by atoms with E-state index in [2.05, 4.69) is 40.2 Å². The van der Waals surface area contributed by atoms with Crippen molar-refractivity contribution in [2.75, 3.05) is 29.2 Å². The van der Waals surface area contributed by atoms with Gasteiger partial charge in [-0.1, -0.05) is 12.1 Å². The van der Waals surface area contributed by atoms with Crippen LogP contribution in [0.2, 0.25) is 0 Å². The summed E-state index contributed by atoms with van der Waals surface area (Å²) in [5, 5.41) is 1.08. The van der Waals surface area contributed by atoms with E-state index in [-0.39, 0.29) is 4.75 Å². The molecule has 1 aromatic heterocycles. The maximum atomic E-state index is 5.49. The van der Waals surface area contributed by atoms with Gasteiger partial charge in [0.05, 0.1) is 5.52 Å². The Morgan fingerprint density at radius 2 is 2.10 bits per heavy atom. The maximum absolute atomic E-state index is 5.49. The molecule has 106 valence electrons. The van der Waals surface area contributed by atoms with Crippen LogP contribution in [0, 0.1) is 0 Å². The molecule has 0 saturated carbocycles. The summed E-state index contributed by atoms with van der Waals surface area (Å²) >= 11 is 2.01. The van der Waals surface area contributed by atoms with Crippen molar-refractivity contribution in [3.05, 3.63) is 24.3 Å². The number of aromatic nitrogens is 2. The highest BCUT2D eigenvalue weighted by Crippen LogP contribution is 2.34. The molecule has 0 unspecified atom stereocenters. The van der Waals surface area contributed by atoms with Crippen molar-refractivity contribution in [1.82, 2.24) is 9.97 Å². The molecule has 0 atom stereocenters. The minimum absolute atomic E-state index is 0.237. The predicted octanol–water partition coefficient (Wildman–Crippen LogP) is 2.25. The van der Waals surface area contributed by atoms with Crippen molar-refractivity contribution in [3.8, 4) is 0 Å². The van der Waals surface area contributed by atoms with Gasteiger partial charge in [0.2, 0.25) is 5.95 Å². The van der Waals surface area contributed by atoms with E-state index in [1.165, 1.54) is 0 Å². The first-order valence-electron chi connectivity index (χ1n) is 6.71. The average molecular weight is 289 g/mol. The van der Waals surface area contributed by atoms with Crippen molar-refractivity contribution in [3.63, 3.8) is 0 Å². The number of thioether (sulfide) groups is 1. The quantitative estimate of drug-likeness (QED) is 0.653. The monoisotopic (exact) mass is 289 g/mol. The van der Waals surface area contributed by atoms with Crippen LogP contribution in [-0.4, -0.2) is 33.6 Å². The van der Waals surface area contributed by atoms with Gasteiger partial charge >= 0.3 is 0 Å². The summed E-state index contributed by atoms with van der Waals surface area (Å²) in [4.78, 5) is 11.3. The first kappa shape index (κ1) is 13.5. The van der Waals surface area contributed by atoms with E-state index in [1.54, 1.807) is 0 Å². The topological polar surface area (TPSA) is 67.1 Å². The third kappa shape index (κ3) is 2.53.